The molecular weight excluding hydrogens is 237 g/mol. The molecule has 2 N–H and O–H groups in total. The van der Waals surface area contributed by atoms with Gasteiger partial charge in [0.15, 0.2) is 0 Å². The molecule has 0 bridgehead atoms. The van der Waals surface area contributed by atoms with Gasteiger partial charge in [-0.15, -0.1) is 0 Å². The number of carbonyl (C=O) groups excluding carboxylic acids is 1. The Morgan fingerprint density at radius 2 is 2.11 bits per heavy atom. The van der Waals surface area contributed by atoms with E-state index in [1.807, 2.05) is 13.8 Å². The highest BCUT2D eigenvalue weighted by Gasteiger charge is 2.14. The third-order valence-electron chi connectivity index (χ3n) is 2.55. The average molecular weight is 255 g/mol. The summed E-state index contributed by atoms with van der Waals surface area (Å²) >= 11 is 0. The first kappa shape index (κ1) is 14.4. The predicted octanol–water partition coefficient (Wildman–Crippen LogP) is 2.18. The Hall–Kier alpha value is -1.62. The van der Waals surface area contributed by atoms with Crippen molar-refractivity contribution < 1.29 is 19.0 Å². The third-order valence-corrected chi connectivity index (χ3v) is 2.55. The fourth-order valence-electron chi connectivity index (χ4n) is 1.39. The van der Waals surface area contributed by atoms with Crippen molar-refractivity contribution in [2.24, 2.45) is 5.92 Å². The van der Waals surface area contributed by atoms with E-state index in [1.165, 1.54) is 25.3 Å². The van der Waals surface area contributed by atoms with Crippen LogP contribution in [0.2, 0.25) is 0 Å². The minimum absolute atomic E-state index is 0.00204. The van der Waals surface area contributed by atoms with Gasteiger partial charge >= 0.3 is 0 Å². The van der Waals surface area contributed by atoms with Gasteiger partial charge in [-0.2, -0.15) is 0 Å². The molecule has 1 atom stereocenters. The zero-order valence-electron chi connectivity index (χ0n) is 10.7. The van der Waals surface area contributed by atoms with Crippen LogP contribution in [0.5, 0.6) is 5.75 Å². The highest BCUT2D eigenvalue weighted by Crippen LogP contribution is 2.20. The monoisotopic (exact) mass is 255 g/mol. The van der Waals surface area contributed by atoms with Gasteiger partial charge in [-0.1, -0.05) is 13.8 Å². The first-order valence-electron chi connectivity index (χ1n) is 5.75. The molecule has 1 unspecified atom stereocenters. The van der Waals surface area contributed by atoms with Crippen molar-refractivity contribution in [3.8, 4) is 5.75 Å². The van der Waals surface area contributed by atoms with E-state index >= 15 is 0 Å². The van der Waals surface area contributed by atoms with Crippen molar-refractivity contribution in [2.75, 3.05) is 12.4 Å². The van der Waals surface area contributed by atoms with E-state index in [2.05, 4.69) is 5.32 Å². The summed E-state index contributed by atoms with van der Waals surface area (Å²) in [6.07, 6.45) is -0.725. The topological polar surface area (TPSA) is 58.6 Å². The summed E-state index contributed by atoms with van der Waals surface area (Å²) in [5, 5.41) is 12.1. The molecule has 0 aromatic heterocycles. The van der Waals surface area contributed by atoms with Gasteiger partial charge in [0.1, 0.15) is 11.6 Å². The number of amides is 1. The van der Waals surface area contributed by atoms with Crippen LogP contribution in [0.15, 0.2) is 18.2 Å². The summed E-state index contributed by atoms with van der Waals surface area (Å²) in [6, 6.07) is 3.93. The smallest absolute Gasteiger partial charge is 0.226 e. The van der Waals surface area contributed by atoms with Crippen molar-refractivity contribution >= 4 is 11.6 Å². The molecule has 0 radical (unpaired) electrons. The van der Waals surface area contributed by atoms with Crippen LogP contribution in [0, 0.1) is 11.7 Å². The number of rotatable bonds is 5. The maximum absolute atomic E-state index is 13.2. The molecule has 0 heterocycles. The van der Waals surface area contributed by atoms with E-state index in [0.717, 1.165) is 0 Å². The average Bonchev–Trinajstić information content (AvgIpc) is 2.27. The van der Waals surface area contributed by atoms with Crippen LogP contribution >= 0.6 is 0 Å². The quantitative estimate of drug-likeness (QED) is 0.847. The van der Waals surface area contributed by atoms with Crippen molar-refractivity contribution in [3.05, 3.63) is 24.0 Å². The normalized spacial score (nSPS) is 12.3. The number of anilines is 1. The van der Waals surface area contributed by atoms with Crippen LogP contribution in [0.3, 0.4) is 0 Å². The second-order valence-corrected chi connectivity index (χ2v) is 4.44. The minimum atomic E-state index is -0.708. The molecule has 0 aliphatic rings. The van der Waals surface area contributed by atoms with Gasteiger partial charge in [0, 0.05) is 17.8 Å². The first-order valence-corrected chi connectivity index (χ1v) is 5.75. The molecule has 5 heteroatoms. The van der Waals surface area contributed by atoms with Gasteiger partial charge < -0.3 is 15.2 Å². The molecule has 0 fully saturated rings. The third kappa shape index (κ3) is 4.33. The molecule has 1 amide bonds. The lowest BCUT2D eigenvalue weighted by molar-refractivity contribution is -0.118. The SMILES string of the molecule is COc1cc(F)cc(NC(=O)CC(O)C(C)C)c1. The molecule has 0 saturated carbocycles. The van der Waals surface area contributed by atoms with Gasteiger partial charge in [-0.05, 0) is 12.0 Å². The van der Waals surface area contributed by atoms with Crippen LogP contribution in [0.4, 0.5) is 10.1 Å². The molecule has 1 rings (SSSR count). The number of methoxy groups -OCH3 is 1. The number of carbonyl (C=O) groups is 1. The number of ether oxygens (including phenoxy) is 1. The molecule has 1 aromatic rings. The highest BCUT2D eigenvalue weighted by molar-refractivity contribution is 5.91. The number of nitrogens with one attached hydrogen (secondary N) is 1. The minimum Gasteiger partial charge on any atom is -0.497 e. The van der Waals surface area contributed by atoms with E-state index in [1.54, 1.807) is 0 Å². The predicted molar refractivity (Wildman–Crippen MR) is 67.0 cm³/mol. The van der Waals surface area contributed by atoms with Crippen LogP contribution < -0.4 is 10.1 Å². The molecule has 4 nitrogen and oxygen atoms in total. The Morgan fingerprint density at radius 3 is 2.67 bits per heavy atom. The Labute approximate surface area is 106 Å². The Balaban J connectivity index is 2.67. The molecule has 0 aliphatic heterocycles. The largest absolute Gasteiger partial charge is 0.497 e. The lowest BCUT2D eigenvalue weighted by Crippen LogP contribution is -2.23. The number of benzene rings is 1. The highest BCUT2D eigenvalue weighted by atomic mass is 19.1. The number of halogens is 1. The van der Waals surface area contributed by atoms with E-state index < -0.39 is 11.9 Å². The van der Waals surface area contributed by atoms with Crippen molar-refractivity contribution in [2.45, 2.75) is 26.4 Å². The molecular formula is C13H18FNO3. The van der Waals surface area contributed by atoms with E-state index in [9.17, 15) is 14.3 Å². The van der Waals surface area contributed by atoms with Crippen LogP contribution in [-0.2, 0) is 4.79 Å². The number of aliphatic hydroxyl groups excluding tert-OH is 1. The Kier molecular flexibility index (Phi) is 5.09. The van der Waals surface area contributed by atoms with Gasteiger partial charge in [0.25, 0.3) is 0 Å². The van der Waals surface area contributed by atoms with Crippen molar-refractivity contribution in [1.82, 2.24) is 0 Å². The summed E-state index contributed by atoms with van der Waals surface area (Å²) in [4.78, 5) is 11.6. The number of hydrogen-bond donors (Lipinski definition) is 2. The lowest BCUT2D eigenvalue weighted by atomic mass is 10.0. The summed E-state index contributed by atoms with van der Waals surface area (Å²) < 4.78 is 18.1. The molecule has 18 heavy (non-hydrogen) atoms. The van der Waals surface area contributed by atoms with E-state index in [0.29, 0.717) is 11.4 Å². The van der Waals surface area contributed by atoms with Crippen LogP contribution in [0.1, 0.15) is 20.3 Å². The van der Waals surface area contributed by atoms with Gasteiger partial charge in [0.05, 0.1) is 19.6 Å². The maximum Gasteiger partial charge on any atom is 0.226 e. The molecule has 100 valence electrons. The zero-order chi connectivity index (χ0) is 13.7. The van der Waals surface area contributed by atoms with Gasteiger partial charge in [-0.25, -0.2) is 4.39 Å². The summed E-state index contributed by atoms with van der Waals surface area (Å²) in [5.74, 6) is -0.523. The molecule has 0 spiro atoms. The van der Waals surface area contributed by atoms with Gasteiger partial charge in [-0.3, -0.25) is 4.79 Å². The summed E-state index contributed by atoms with van der Waals surface area (Å²) in [6.45, 7) is 3.65. The second-order valence-electron chi connectivity index (χ2n) is 4.44. The molecule has 0 saturated heterocycles. The molecule has 1 aromatic carbocycles. The van der Waals surface area contributed by atoms with Crippen LogP contribution in [-0.4, -0.2) is 24.2 Å². The standard InChI is InChI=1S/C13H18FNO3/c1-8(2)12(16)7-13(17)15-10-4-9(14)5-11(6-10)18-3/h4-6,8,12,16H,7H2,1-3H3,(H,15,17). The number of aliphatic hydroxyl groups is 1. The van der Waals surface area contributed by atoms with Gasteiger partial charge in [0.2, 0.25) is 5.91 Å². The summed E-state index contributed by atoms with van der Waals surface area (Å²) in [7, 11) is 1.42. The molecule has 0 aliphatic carbocycles. The van der Waals surface area contributed by atoms with Crippen molar-refractivity contribution in [1.29, 1.82) is 0 Å². The van der Waals surface area contributed by atoms with E-state index in [4.69, 9.17) is 4.74 Å². The van der Waals surface area contributed by atoms with Crippen LogP contribution in [0.25, 0.3) is 0 Å². The van der Waals surface area contributed by atoms with E-state index in [-0.39, 0.29) is 18.2 Å². The first-order chi connectivity index (χ1) is 8.42. The number of hydrogen-bond acceptors (Lipinski definition) is 3. The zero-order valence-corrected chi connectivity index (χ0v) is 10.7. The maximum atomic E-state index is 13.2. The fraction of sp³-hybridized carbons (Fsp3) is 0.462. The fourth-order valence-corrected chi connectivity index (χ4v) is 1.39. The Morgan fingerprint density at radius 1 is 1.44 bits per heavy atom. The summed E-state index contributed by atoms with van der Waals surface area (Å²) in [5.41, 5.74) is 0.313. The second kappa shape index (κ2) is 6.35. The lowest BCUT2D eigenvalue weighted by Gasteiger charge is -2.14. The van der Waals surface area contributed by atoms with Crippen molar-refractivity contribution in [3.63, 3.8) is 0 Å². The Bertz CT molecular complexity index is 421.